The second-order valence-corrected chi connectivity index (χ2v) is 8.07. The Labute approximate surface area is 157 Å². The Morgan fingerprint density at radius 2 is 2.00 bits per heavy atom. The van der Waals surface area contributed by atoms with E-state index in [0.717, 1.165) is 0 Å². The molecule has 5 N–H and O–H groups in total. The van der Waals surface area contributed by atoms with Crippen LogP contribution >= 0.6 is 15.6 Å². The molecule has 0 amide bonds. The molecule has 1 aliphatic rings. The number of rotatable bonds is 8. The molecular formula is C11H17N5O10P2. The first-order valence-electron chi connectivity index (χ1n) is 7.63. The Kier molecular flexibility index (Phi) is 6.12. The fraction of sp³-hybridized carbons (Fsp3) is 0.545. The van der Waals surface area contributed by atoms with E-state index in [1.807, 2.05) is 0 Å². The van der Waals surface area contributed by atoms with Gasteiger partial charge in [-0.15, -0.1) is 0 Å². The highest BCUT2D eigenvalue weighted by molar-refractivity contribution is 7.46. The highest BCUT2D eigenvalue weighted by Crippen LogP contribution is 2.45. The average Bonchev–Trinajstić information content (AvgIpc) is 3.15. The van der Waals surface area contributed by atoms with Crippen LogP contribution in [0.2, 0.25) is 0 Å². The molecule has 2 aromatic heterocycles. The lowest BCUT2D eigenvalue weighted by Crippen LogP contribution is -2.28. The second-order valence-electron chi connectivity index (χ2n) is 5.64. The summed E-state index contributed by atoms with van der Waals surface area (Å²) >= 11 is 0. The Morgan fingerprint density at radius 3 is 2.64 bits per heavy atom. The number of fused-ring (bicyclic) bond motifs is 1. The molecule has 0 unspecified atom stereocenters. The van der Waals surface area contributed by atoms with E-state index >= 15 is 0 Å². The number of phosphoric ester groups is 2. The molecule has 1 aliphatic heterocycles. The number of phosphoric acid groups is 2. The van der Waals surface area contributed by atoms with Crippen LogP contribution in [0.3, 0.4) is 0 Å². The van der Waals surface area contributed by atoms with Crippen molar-refractivity contribution in [3.05, 3.63) is 12.7 Å². The number of nitrogens with one attached hydrogen (secondary N) is 1. The molecule has 17 heteroatoms. The largest absolute Gasteiger partial charge is 0.469 e. The first-order chi connectivity index (χ1) is 13.1. The monoisotopic (exact) mass is 441 g/mol. The lowest BCUT2D eigenvalue weighted by molar-refractivity contribution is -0.0417. The molecule has 15 nitrogen and oxygen atoms in total. The number of ether oxygens (including phenoxy) is 1. The van der Waals surface area contributed by atoms with Crippen molar-refractivity contribution in [1.82, 2.24) is 19.5 Å². The van der Waals surface area contributed by atoms with E-state index < -0.39 is 40.7 Å². The summed E-state index contributed by atoms with van der Waals surface area (Å²) in [6.07, 6.45) is -0.671. The van der Waals surface area contributed by atoms with E-state index in [4.69, 9.17) is 29.1 Å². The van der Waals surface area contributed by atoms with Crippen LogP contribution in [0, 0.1) is 0 Å². The van der Waals surface area contributed by atoms with Gasteiger partial charge in [-0.1, -0.05) is 0 Å². The van der Waals surface area contributed by atoms with Gasteiger partial charge in [-0.3, -0.25) is 18.5 Å². The van der Waals surface area contributed by atoms with Crippen LogP contribution in [0.25, 0.3) is 11.2 Å². The number of imidazole rings is 1. The number of hydrogen-bond acceptors (Lipinski definition) is 10. The van der Waals surface area contributed by atoms with Gasteiger partial charge in [0.25, 0.3) is 0 Å². The van der Waals surface area contributed by atoms with Crippen LogP contribution in [0.4, 0.5) is 5.82 Å². The van der Waals surface area contributed by atoms with Crippen molar-refractivity contribution in [2.24, 2.45) is 0 Å². The minimum atomic E-state index is -4.89. The molecule has 0 radical (unpaired) electrons. The minimum Gasteiger partial charge on any atom is -0.349 e. The highest BCUT2D eigenvalue weighted by atomic mass is 31.2. The van der Waals surface area contributed by atoms with Gasteiger partial charge < -0.3 is 24.3 Å². The molecule has 1 fully saturated rings. The van der Waals surface area contributed by atoms with Gasteiger partial charge in [0, 0.05) is 6.42 Å². The summed E-state index contributed by atoms with van der Waals surface area (Å²) in [5.74, 6) is 0.286. The molecule has 1 saturated heterocycles. The van der Waals surface area contributed by atoms with Crippen molar-refractivity contribution in [3.8, 4) is 0 Å². The zero-order valence-corrected chi connectivity index (χ0v) is 16.0. The van der Waals surface area contributed by atoms with Crippen LogP contribution in [-0.4, -0.2) is 65.0 Å². The predicted octanol–water partition coefficient (Wildman–Crippen LogP) is -0.326. The van der Waals surface area contributed by atoms with E-state index in [2.05, 4.69) is 29.5 Å². The molecule has 0 aliphatic carbocycles. The van der Waals surface area contributed by atoms with Crippen LogP contribution < -0.4 is 5.48 Å². The predicted molar refractivity (Wildman–Crippen MR) is 89.4 cm³/mol. The van der Waals surface area contributed by atoms with E-state index in [1.54, 1.807) is 0 Å². The van der Waals surface area contributed by atoms with Crippen LogP contribution in [0.1, 0.15) is 12.6 Å². The van der Waals surface area contributed by atoms with Gasteiger partial charge >= 0.3 is 15.6 Å². The van der Waals surface area contributed by atoms with Gasteiger partial charge in [-0.2, -0.15) is 0 Å². The SMILES string of the molecule is CONc1ncnc2c1ncn2[C@H]1C[C@H](OP(=O)(O)O)[C@@H](COP(=O)(O)O)O1. The molecule has 3 atom stereocenters. The van der Waals surface area contributed by atoms with Crippen molar-refractivity contribution in [2.75, 3.05) is 19.2 Å². The van der Waals surface area contributed by atoms with Gasteiger partial charge in [-0.05, 0) is 0 Å². The molecule has 28 heavy (non-hydrogen) atoms. The maximum Gasteiger partial charge on any atom is 0.469 e. The van der Waals surface area contributed by atoms with Crippen molar-refractivity contribution in [2.45, 2.75) is 24.9 Å². The van der Waals surface area contributed by atoms with Crippen molar-refractivity contribution < 1.29 is 47.3 Å². The van der Waals surface area contributed by atoms with Crippen molar-refractivity contribution in [3.63, 3.8) is 0 Å². The third-order valence-electron chi connectivity index (χ3n) is 3.73. The van der Waals surface area contributed by atoms with Gasteiger partial charge in [0.05, 0.1) is 20.0 Å². The summed E-state index contributed by atoms with van der Waals surface area (Å²) in [7, 11) is -8.32. The first-order valence-corrected chi connectivity index (χ1v) is 10.7. The summed E-state index contributed by atoms with van der Waals surface area (Å²) in [5, 5.41) is 0. The average molecular weight is 441 g/mol. The van der Waals surface area contributed by atoms with Crippen LogP contribution in [0.15, 0.2) is 12.7 Å². The highest BCUT2D eigenvalue weighted by Gasteiger charge is 2.42. The standard InChI is InChI=1S/C11H17N5O10P2/c1-23-15-10-9-11(13-4-12-10)16(5-14-9)8-2-6(26-28(20,21)22)7(25-8)3-24-27(17,18)19/h4-8H,2-3H2,1H3,(H,12,13,15)(H2,17,18,19)(H2,20,21,22)/t6-,7+,8+/m0/s1. The van der Waals surface area contributed by atoms with Crippen LogP contribution in [-0.2, 0) is 27.8 Å². The number of hydrogen-bond donors (Lipinski definition) is 5. The maximum absolute atomic E-state index is 11.2. The summed E-state index contributed by atoms with van der Waals surface area (Å²) in [4.78, 5) is 52.9. The minimum absolute atomic E-state index is 0.0667. The number of nitrogens with zero attached hydrogens (tertiary/aromatic N) is 4. The topological polar surface area (TPSA) is 208 Å². The Hall–Kier alpha value is -1.51. The van der Waals surface area contributed by atoms with Gasteiger partial charge in [0.2, 0.25) is 0 Å². The van der Waals surface area contributed by atoms with Crippen LogP contribution in [0.5, 0.6) is 0 Å². The molecule has 3 rings (SSSR count). The molecular weight excluding hydrogens is 424 g/mol. The van der Waals surface area contributed by atoms with E-state index in [9.17, 15) is 9.13 Å². The fourth-order valence-electron chi connectivity index (χ4n) is 2.71. The third kappa shape index (κ3) is 5.10. The molecule has 3 heterocycles. The van der Waals surface area contributed by atoms with E-state index in [1.165, 1.54) is 24.3 Å². The summed E-state index contributed by atoms with van der Waals surface area (Å²) in [6.45, 7) is -0.649. The molecule has 0 aromatic carbocycles. The lowest BCUT2D eigenvalue weighted by Gasteiger charge is -2.19. The quantitative estimate of drug-likeness (QED) is 0.263. The Balaban J connectivity index is 1.86. The normalized spacial score (nSPS) is 23.4. The molecule has 2 aromatic rings. The fourth-order valence-corrected chi connectivity index (χ4v) is 3.63. The third-order valence-corrected chi connectivity index (χ3v) is 4.76. The molecule has 0 spiro atoms. The van der Waals surface area contributed by atoms with E-state index in [-0.39, 0.29) is 12.2 Å². The van der Waals surface area contributed by atoms with Gasteiger partial charge in [0.15, 0.2) is 17.0 Å². The summed E-state index contributed by atoms with van der Waals surface area (Å²) in [5.41, 5.74) is 3.21. The smallest absolute Gasteiger partial charge is 0.349 e. The zero-order valence-electron chi connectivity index (χ0n) is 14.2. The first kappa shape index (κ1) is 21.2. The summed E-state index contributed by atoms with van der Waals surface area (Å²) in [6, 6.07) is 0. The van der Waals surface area contributed by atoms with Crippen molar-refractivity contribution in [1.29, 1.82) is 0 Å². The number of anilines is 1. The van der Waals surface area contributed by atoms with Gasteiger partial charge in [-0.25, -0.2) is 29.6 Å². The molecule has 156 valence electrons. The lowest BCUT2D eigenvalue weighted by atomic mass is 10.2. The summed E-state index contributed by atoms with van der Waals surface area (Å²) < 4.78 is 38.3. The van der Waals surface area contributed by atoms with Gasteiger partial charge in [0.1, 0.15) is 24.8 Å². The van der Waals surface area contributed by atoms with Crippen molar-refractivity contribution >= 4 is 32.6 Å². The second kappa shape index (κ2) is 8.08. The Bertz CT molecular complexity index is 928. The zero-order chi connectivity index (χ0) is 20.5. The number of aromatic nitrogens is 4. The molecule has 0 bridgehead atoms. The maximum atomic E-state index is 11.2. The Morgan fingerprint density at radius 1 is 1.25 bits per heavy atom. The van der Waals surface area contributed by atoms with E-state index in [0.29, 0.717) is 11.2 Å². The molecule has 0 saturated carbocycles.